The van der Waals surface area contributed by atoms with Crippen LogP contribution in [0, 0.1) is 0 Å². The summed E-state index contributed by atoms with van der Waals surface area (Å²) in [4.78, 5) is 0. The molecule has 1 atom stereocenters. The van der Waals surface area contributed by atoms with E-state index >= 15 is 0 Å². The van der Waals surface area contributed by atoms with E-state index in [4.69, 9.17) is 4.74 Å². The van der Waals surface area contributed by atoms with Crippen molar-refractivity contribution in [3.8, 4) is 5.75 Å². The number of rotatable bonds is 6. The number of aliphatic hydroxyl groups excluding tert-OH is 1. The number of ether oxygens (including phenoxy) is 1. The van der Waals surface area contributed by atoms with E-state index in [2.05, 4.69) is 19.1 Å². The Morgan fingerprint density at radius 3 is 2.10 bits per heavy atom. The standard InChI is InChI=1S/C18H22O2/c1-3-14-4-9-16(10-5-14)18(19)13-8-15-6-11-17(20-2)12-7-15/h4-7,9-12,18-19H,3,8,13H2,1-2H3. The molecule has 0 radical (unpaired) electrons. The van der Waals surface area contributed by atoms with Gasteiger partial charge < -0.3 is 9.84 Å². The first kappa shape index (κ1) is 14.6. The van der Waals surface area contributed by atoms with Crippen LogP contribution in [0.3, 0.4) is 0 Å². The predicted molar refractivity (Wildman–Crippen MR) is 82.1 cm³/mol. The Bertz CT molecular complexity index is 514. The Kier molecular flexibility index (Phi) is 5.19. The van der Waals surface area contributed by atoms with Gasteiger partial charge in [-0.25, -0.2) is 0 Å². The van der Waals surface area contributed by atoms with E-state index in [1.165, 1.54) is 11.1 Å². The second kappa shape index (κ2) is 7.11. The minimum absolute atomic E-state index is 0.400. The molecule has 0 aliphatic heterocycles. The van der Waals surface area contributed by atoms with Crippen LogP contribution in [-0.4, -0.2) is 12.2 Å². The van der Waals surface area contributed by atoms with Crippen molar-refractivity contribution in [2.75, 3.05) is 7.11 Å². The first-order valence-electron chi connectivity index (χ1n) is 7.12. The Morgan fingerprint density at radius 1 is 0.950 bits per heavy atom. The van der Waals surface area contributed by atoms with Crippen LogP contribution in [-0.2, 0) is 12.8 Å². The van der Waals surface area contributed by atoms with Crippen molar-refractivity contribution in [2.45, 2.75) is 32.3 Å². The van der Waals surface area contributed by atoms with E-state index in [-0.39, 0.29) is 0 Å². The molecule has 0 saturated carbocycles. The molecule has 0 amide bonds. The third kappa shape index (κ3) is 3.84. The highest BCUT2D eigenvalue weighted by Crippen LogP contribution is 2.20. The summed E-state index contributed by atoms with van der Waals surface area (Å²) in [7, 11) is 1.67. The van der Waals surface area contributed by atoms with Gasteiger partial charge in [-0.15, -0.1) is 0 Å². The first-order chi connectivity index (χ1) is 9.72. The van der Waals surface area contributed by atoms with Crippen LogP contribution in [0.4, 0.5) is 0 Å². The van der Waals surface area contributed by atoms with Gasteiger partial charge in [-0.1, -0.05) is 43.3 Å². The van der Waals surface area contributed by atoms with Crippen LogP contribution < -0.4 is 4.74 Å². The number of hydrogen-bond acceptors (Lipinski definition) is 2. The summed E-state index contributed by atoms with van der Waals surface area (Å²) >= 11 is 0. The number of benzene rings is 2. The van der Waals surface area contributed by atoms with E-state index < -0.39 is 6.10 Å². The highest BCUT2D eigenvalue weighted by Gasteiger charge is 2.07. The summed E-state index contributed by atoms with van der Waals surface area (Å²) in [6.07, 6.45) is 2.23. The van der Waals surface area contributed by atoms with Gasteiger partial charge in [0.15, 0.2) is 0 Å². The van der Waals surface area contributed by atoms with Gasteiger partial charge >= 0.3 is 0 Å². The van der Waals surface area contributed by atoms with Crippen LogP contribution in [0.5, 0.6) is 5.75 Å². The van der Waals surface area contributed by atoms with Crippen LogP contribution in [0.1, 0.15) is 36.1 Å². The van der Waals surface area contributed by atoms with Crippen molar-refractivity contribution < 1.29 is 9.84 Å². The lowest BCUT2D eigenvalue weighted by Gasteiger charge is -2.12. The van der Waals surface area contributed by atoms with Crippen molar-refractivity contribution in [3.05, 3.63) is 65.2 Å². The van der Waals surface area contributed by atoms with Crippen LogP contribution >= 0.6 is 0 Å². The molecule has 0 fully saturated rings. The number of aryl methyl sites for hydroxylation is 2. The van der Waals surface area contributed by atoms with Crippen molar-refractivity contribution in [2.24, 2.45) is 0 Å². The van der Waals surface area contributed by atoms with Gasteiger partial charge in [-0.05, 0) is 48.1 Å². The molecule has 0 aliphatic carbocycles. The summed E-state index contributed by atoms with van der Waals surface area (Å²) < 4.78 is 5.14. The average Bonchev–Trinajstić information content (AvgIpc) is 2.53. The molecule has 2 aromatic carbocycles. The van der Waals surface area contributed by atoms with Gasteiger partial charge in [-0.2, -0.15) is 0 Å². The van der Waals surface area contributed by atoms with Gasteiger partial charge in [0.2, 0.25) is 0 Å². The molecular weight excluding hydrogens is 248 g/mol. The van der Waals surface area contributed by atoms with E-state index in [1.807, 2.05) is 36.4 Å². The summed E-state index contributed by atoms with van der Waals surface area (Å²) in [6, 6.07) is 16.2. The predicted octanol–water partition coefficient (Wildman–Crippen LogP) is 3.92. The van der Waals surface area contributed by atoms with Crippen molar-refractivity contribution in [1.82, 2.24) is 0 Å². The average molecular weight is 270 g/mol. The fourth-order valence-corrected chi connectivity index (χ4v) is 2.24. The maximum Gasteiger partial charge on any atom is 0.118 e. The minimum Gasteiger partial charge on any atom is -0.497 e. The lowest BCUT2D eigenvalue weighted by atomic mass is 10.00. The molecule has 1 N–H and O–H groups in total. The third-order valence-corrected chi connectivity index (χ3v) is 3.64. The molecule has 0 heterocycles. The quantitative estimate of drug-likeness (QED) is 0.862. The Labute approximate surface area is 121 Å². The molecule has 2 nitrogen and oxygen atoms in total. The van der Waals surface area contributed by atoms with Crippen molar-refractivity contribution >= 4 is 0 Å². The van der Waals surface area contributed by atoms with E-state index in [0.717, 1.165) is 30.6 Å². The smallest absolute Gasteiger partial charge is 0.118 e. The molecule has 0 saturated heterocycles. The van der Waals surface area contributed by atoms with Gasteiger partial charge in [-0.3, -0.25) is 0 Å². The summed E-state index contributed by atoms with van der Waals surface area (Å²) in [6.45, 7) is 2.13. The molecule has 20 heavy (non-hydrogen) atoms. The summed E-state index contributed by atoms with van der Waals surface area (Å²) in [5, 5.41) is 10.2. The van der Waals surface area contributed by atoms with E-state index in [1.54, 1.807) is 7.11 Å². The lowest BCUT2D eigenvalue weighted by molar-refractivity contribution is 0.168. The first-order valence-corrected chi connectivity index (χ1v) is 7.12. The molecule has 1 unspecified atom stereocenters. The topological polar surface area (TPSA) is 29.5 Å². The highest BCUT2D eigenvalue weighted by atomic mass is 16.5. The van der Waals surface area contributed by atoms with E-state index in [0.29, 0.717) is 0 Å². The largest absolute Gasteiger partial charge is 0.497 e. The van der Waals surface area contributed by atoms with Gasteiger partial charge in [0.1, 0.15) is 5.75 Å². The molecule has 2 heteroatoms. The third-order valence-electron chi connectivity index (χ3n) is 3.64. The monoisotopic (exact) mass is 270 g/mol. The molecule has 2 aromatic rings. The lowest BCUT2D eigenvalue weighted by Crippen LogP contribution is -2.00. The molecule has 0 aliphatic rings. The zero-order valence-corrected chi connectivity index (χ0v) is 12.2. The fourth-order valence-electron chi connectivity index (χ4n) is 2.24. The van der Waals surface area contributed by atoms with Gasteiger partial charge in [0.05, 0.1) is 13.2 Å². The molecule has 106 valence electrons. The van der Waals surface area contributed by atoms with Crippen LogP contribution in [0.15, 0.2) is 48.5 Å². The fraction of sp³-hybridized carbons (Fsp3) is 0.333. The zero-order valence-electron chi connectivity index (χ0n) is 12.2. The number of aliphatic hydroxyl groups is 1. The van der Waals surface area contributed by atoms with Gasteiger partial charge in [0, 0.05) is 0 Å². The number of hydrogen-bond donors (Lipinski definition) is 1. The molecule has 0 aromatic heterocycles. The highest BCUT2D eigenvalue weighted by molar-refractivity contribution is 5.28. The molecule has 0 spiro atoms. The second-order valence-electron chi connectivity index (χ2n) is 5.00. The van der Waals surface area contributed by atoms with Crippen LogP contribution in [0.2, 0.25) is 0 Å². The SMILES string of the molecule is CCc1ccc(C(O)CCc2ccc(OC)cc2)cc1. The Balaban J connectivity index is 1.91. The maximum atomic E-state index is 10.2. The normalized spacial score (nSPS) is 12.2. The van der Waals surface area contributed by atoms with Crippen molar-refractivity contribution in [1.29, 1.82) is 0 Å². The van der Waals surface area contributed by atoms with Gasteiger partial charge in [0.25, 0.3) is 0 Å². The molecule has 2 rings (SSSR count). The number of methoxy groups -OCH3 is 1. The van der Waals surface area contributed by atoms with Crippen molar-refractivity contribution in [3.63, 3.8) is 0 Å². The Hall–Kier alpha value is -1.80. The molecular formula is C18H22O2. The zero-order chi connectivity index (χ0) is 14.4. The second-order valence-corrected chi connectivity index (χ2v) is 5.00. The van der Waals surface area contributed by atoms with E-state index in [9.17, 15) is 5.11 Å². The molecule has 0 bridgehead atoms. The minimum atomic E-state index is -0.400. The summed E-state index contributed by atoms with van der Waals surface area (Å²) in [5.74, 6) is 0.865. The Morgan fingerprint density at radius 2 is 1.55 bits per heavy atom. The maximum absolute atomic E-state index is 10.2. The van der Waals surface area contributed by atoms with Crippen LogP contribution in [0.25, 0.3) is 0 Å². The summed E-state index contributed by atoms with van der Waals surface area (Å²) in [5.41, 5.74) is 3.52.